The standard InChI is InChI=1S/C25H27N9O2/c1-27-23-20(17-7-28-8-18-19(17)29-14-33(18)2)31-21(22(26)35)24(32-23)30-16-5-3-15(4-6-16)9-34-10-25(11-34)12-36-13-25/h3-8,14H,9-13H2,1-2H3,(H2,26,35)(H2,27,30,32). The lowest BCUT2D eigenvalue weighted by molar-refractivity contribution is -0.191. The summed E-state index contributed by atoms with van der Waals surface area (Å²) in [5.74, 6) is 0.0725. The third-order valence-electron chi connectivity index (χ3n) is 6.82. The molecule has 1 spiro atoms. The zero-order chi connectivity index (χ0) is 24.9. The highest BCUT2D eigenvalue weighted by atomic mass is 16.5. The van der Waals surface area contributed by atoms with Crippen molar-refractivity contribution in [2.75, 3.05) is 44.0 Å². The minimum atomic E-state index is -0.682. The summed E-state index contributed by atoms with van der Waals surface area (Å²) in [6.45, 7) is 4.85. The summed E-state index contributed by atoms with van der Waals surface area (Å²) in [6.07, 6.45) is 5.10. The molecule has 0 bridgehead atoms. The van der Waals surface area contributed by atoms with E-state index in [1.54, 1.807) is 25.8 Å². The normalized spacial score (nSPS) is 16.5. The summed E-state index contributed by atoms with van der Waals surface area (Å²) in [5, 5.41) is 6.28. The molecule has 36 heavy (non-hydrogen) atoms. The maximum Gasteiger partial charge on any atom is 0.271 e. The summed E-state index contributed by atoms with van der Waals surface area (Å²) < 4.78 is 7.23. The van der Waals surface area contributed by atoms with Crippen LogP contribution >= 0.6 is 0 Å². The van der Waals surface area contributed by atoms with Crippen molar-refractivity contribution in [3.05, 3.63) is 54.2 Å². The number of nitrogens with one attached hydrogen (secondary N) is 2. The van der Waals surface area contributed by atoms with Crippen molar-refractivity contribution >= 4 is 34.3 Å². The second kappa shape index (κ2) is 8.54. The van der Waals surface area contributed by atoms with E-state index in [0.717, 1.165) is 44.1 Å². The molecular weight excluding hydrogens is 458 g/mol. The van der Waals surface area contributed by atoms with Crippen LogP contribution in [0.3, 0.4) is 0 Å². The van der Waals surface area contributed by atoms with Crippen molar-refractivity contribution in [3.63, 3.8) is 0 Å². The van der Waals surface area contributed by atoms with Crippen molar-refractivity contribution < 1.29 is 9.53 Å². The van der Waals surface area contributed by atoms with Gasteiger partial charge in [-0.3, -0.25) is 14.7 Å². The number of hydrogen-bond acceptors (Lipinski definition) is 9. The van der Waals surface area contributed by atoms with Gasteiger partial charge in [0, 0.05) is 51.0 Å². The summed E-state index contributed by atoms with van der Waals surface area (Å²) in [5.41, 5.74) is 10.8. The van der Waals surface area contributed by atoms with E-state index in [1.165, 1.54) is 5.56 Å². The third-order valence-corrected chi connectivity index (χ3v) is 6.82. The number of likely N-dealkylation sites (tertiary alicyclic amines) is 1. The highest BCUT2D eigenvalue weighted by molar-refractivity contribution is 5.99. The number of imidazole rings is 1. The Morgan fingerprint density at radius 1 is 1.14 bits per heavy atom. The number of aromatic nitrogens is 5. The molecule has 1 aromatic carbocycles. The smallest absolute Gasteiger partial charge is 0.271 e. The molecule has 0 radical (unpaired) electrons. The minimum absolute atomic E-state index is 0.0367. The van der Waals surface area contributed by atoms with E-state index in [0.29, 0.717) is 28.0 Å². The van der Waals surface area contributed by atoms with Gasteiger partial charge in [-0.1, -0.05) is 12.1 Å². The SMILES string of the molecule is CNc1nc(Nc2ccc(CN3CC4(COC4)C3)cc2)c(C(N)=O)nc1-c1cncc2c1ncn2C. The van der Waals surface area contributed by atoms with Gasteiger partial charge in [-0.15, -0.1) is 0 Å². The molecule has 0 atom stereocenters. The Morgan fingerprint density at radius 3 is 2.58 bits per heavy atom. The van der Waals surface area contributed by atoms with Crippen LogP contribution in [-0.4, -0.2) is 68.7 Å². The van der Waals surface area contributed by atoms with E-state index in [9.17, 15) is 4.79 Å². The predicted molar refractivity (Wildman–Crippen MR) is 136 cm³/mol. The number of amides is 1. The highest BCUT2D eigenvalue weighted by Gasteiger charge is 2.48. The minimum Gasteiger partial charge on any atom is -0.380 e. The summed E-state index contributed by atoms with van der Waals surface area (Å²) in [4.78, 5) is 32.8. The first-order valence-electron chi connectivity index (χ1n) is 11.8. The van der Waals surface area contributed by atoms with E-state index >= 15 is 0 Å². The number of nitrogens with zero attached hydrogens (tertiary/aromatic N) is 6. The molecular formula is C25H27N9O2. The molecule has 0 aliphatic carbocycles. The van der Waals surface area contributed by atoms with E-state index in [2.05, 4.69) is 47.6 Å². The Kier molecular flexibility index (Phi) is 5.31. The van der Waals surface area contributed by atoms with Crippen molar-refractivity contribution in [2.45, 2.75) is 6.54 Å². The van der Waals surface area contributed by atoms with Crippen LogP contribution in [0.4, 0.5) is 17.3 Å². The summed E-state index contributed by atoms with van der Waals surface area (Å²) in [7, 11) is 3.64. The molecule has 0 saturated carbocycles. The Hall–Kier alpha value is -4.09. The van der Waals surface area contributed by atoms with Crippen LogP contribution in [0.5, 0.6) is 0 Å². The van der Waals surface area contributed by atoms with Gasteiger partial charge in [0.2, 0.25) is 0 Å². The molecule has 1 amide bonds. The molecule has 2 fully saturated rings. The average molecular weight is 486 g/mol. The number of hydrogen-bond donors (Lipinski definition) is 3. The van der Waals surface area contributed by atoms with Crippen LogP contribution in [0.15, 0.2) is 43.0 Å². The van der Waals surface area contributed by atoms with Gasteiger partial charge in [-0.05, 0) is 17.7 Å². The van der Waals surface area contributed by atoms with Gasteiger partial charge in [0.25, 0.3) is 5.91 Å². The second-order valence-corrected chi connectivity index (χ2v) is 9.60. The number of pyridine rings is 1. The lowest BCUT2D eigenvalue weighted by Gasteiger charge is -2.55. The molecule has 3 aromatic heterocycles. The van der Waals surface area contributed by atoms with Gasteiger partial charge in [0.15, 0.2) is 17.3 Å². The Morgan fingerprint density at radius 2 is 1.92 bits per heavy atom. The van der Waals surface area contributed by atoms with Gasteiger partial charge < -0.3 is 25.7 Å². The van der Waals surface area contributed by atoms with Gasteiger partial charge in [-0.2, -0.15) is 0 Å². The number of primary amides is 1. The monoisotopic (exact) mass is 485 g/mol. The number of benzene rings is 1. The first kappa shape index (κ1) is 22.4. The molecule has 0 unspecified atom stereocenters. The first-order chi connectivity index (χ1) is 17.4. The fourth-order valence-corrected chi connectivity index (χ4v) is 4.95. The largest absolute Gasteiger partial charge is 0.380 e. The van der Waals surface area contributed by atoms with Crippen LogP contribution in [-0.2, 0) is 18.3 Å². The molecule has 184 valence electrons. The van der Waals surface area contributed by atoms with Crippen LogP contribution in [0, 0.1) is 5.41 Å². The van der Waals surface area contributed by atoms with E-state index in [4.69, 9.17) is 10.5 Å². The number of nitrogens with two attached hydrogens (primary N) is 1. The van der Waals surface area contributed by atoms with E-state index in [1.807, 2.05) is 23.7 Å². The maximum absolute atomic E-state index is 12.4. The molecule has 11 heteroatoms. The van der Waals surface area contributed by atoms with Crippen molar-refractivity contribution in [2.24, 2.45) is 18.2 Å². The number of carbonyl (C=O) groups excluding carboxylic acids is 1. The lowest BCUT2D eigenvalue weighted by Crippen LogP contribution is -2.65. The van der Waals surface area contributed by atoms with E-state index < -0.39 is 5.91 Å². The zero-order valence-corrected chi connectivity index (χ0v) is 20.2. The molecule has 5 heterocycles. The topological polar surface area (TPSA) is 136 Å². The number of anilines is 3. The van der Waals surface area contributed by atoms with Crippen LogP contribution in [0.1, 0.15) is 16.1 Å². The van der Waals surface area contributed by atoms with Gasteiger partial charge in [0.1, 0.15) is 11.2 Å². The van der Waals surface area contributed by atoms with Gasteiger partial charge in [-0.25, -0.2) is 15.0 Å². The predicted octanol–water partition coefficient (Wildman–Crippen LogP) is 2.14. The number of carbonyl (C=O) groups is 1. The second-order valence-electron chi connectivity index (χ2n) is 9.60. The summed E-state index contributed by atoms with van der Waals surface area (Å²) in [6, 6.07) is 8.08. The van der Waals surface area contributed by atoms with Gasteiger partial charge >= 0.3 is 0 Å². The third kappa shape index (κ3) is 3.82. The van der Waals surface area contributed by atoms with Crippen molar-refractivity contribution in [1.29, 1.82) is 0 Å². The lowest BCUT2D eigenvalue weighted by atomic mass is 9.78. The quantitative estimate of drug-likeness (QED) is 0.360. The van der Waals surface area contributed by atoms with Crippen molar-refractivity contribution in [3.8, 4) is 11.3 Å². The van der Waals surface area contributed by atoms with Crippen LogP contribution in [0.25, 0.3) is 22.3 Å². The fourth-order valence-electron chi connectivity index (χ4n) is 4.95. The maximum atomic E-state index is 12.4. The molecule has 4 N–H and O–H groups in total. The Labute approximate surface area is 207 Å². The molecule has 2 aliphatic rings. The fraction of sp³-hybridized carbons (Fsp3) is 0.320. The zero-order valence-electron chi connectivity index (χ0n) is 20.2. The molecule has 2 saturated heterocycles. The first-order valence-corrected chi connectivity index (χ1v) is 11.8. The Balaban J connectivity index is 1.27. The number of fused-ring (bicyclic) bond motifs is 1. The van der Waals surface area contributed by atoms with Crippen molar-refractivity contribution in [1.82, 2.24) is 29.4 Å². The Bertz CT molecular complexity index is 1450. The molecule has 2 aliphatic heterocycles. The average Bonchev–Trinajstić information content (AvgIpc) is 3.21. The van der Waals surface area contributed by atoms with Gasteiger partial charge in [0.05, 0.1) is 36.8 Å². The summed E-state index contributed by atoms with van der Waals surface area (Å²) >= 11 is 0. The molecule has 4 aromatic rings. The molecule has 11 nitrogen and oxygen atoms in total. The van der Waals surface area contributed by atoms with Crippen LogP contribution < -0.4 is 16.4 Å². The van der Waals surface area contributed by atoms with E-state index in [-0.39, 0.29) is 11.5 Å². The molecule has 6 rings (SSSR count). The van der Waals surface area contributed by atoms with Crippen LogP contribution in [0.2, 0.25) is 0 Å². The highest BCUT2D eigenvalue weighted by Crippen LogP contribution is 2.38. The number of rotatable bonds is 7. The number of aryl methyl sites for hydroxylation is 1. The number of ether oxygens (including phenoxy) is 1.